The van der Waals surface area contributed by atoms with E-state index in [1.807, 2.05) is 22.7 Å². The largest absolute Gasteiger partial charge is 0.299 e. The van der Waals surface area contributed by atoms with Crippen molar-refractivity contribution in [3.63, 3.8) is 0 Å². The maximum Gasteiger partial charge on any atom is 0.144 e. The molecule has 0 spiro atoms. The summed E-state index contributed by atoms with van der Waals surface area (Å²) in [6.45, 7) is 23.7. The first kappa shape index (κ1) is 68.1. The van der Waals surface area contributed by atoms with Crippen molar-refractivity contribution in [1.29, 1.82) is 0 Å². The van der Waals surface area contributed by atoms with Crippen LogP contribution in [0.3, 0.4) is 0 Å². The minimum Gasteiger partial charge on any atom is -0.299 e. The van der Waals surface area contributed by atoms with E-state index in [2.05, 4.69) is 116 Å². The molecule has 4 aliphatic rings. The maximum absolute atomic E-state index is 16.3. The van der Waals surface area contributed by atoms with Crippen molar-refractivity contribution in [3.8, 4) is 19.5 Å². The standard InChI is InChI=1S/C78H122O2S4/c1-11-19-25-31-37-55(17-7)43-65-64-46-62-48-68(70-51-59(41-35-29-23-15-5)77(83-70)78-60(42-36-30-24-16-6)52-72(84-78)71-50-58(54(10)82-71)40-34-28-22-14-4)76(80)74(62)66(44-56(18-8)38-32-26-20-12-2)63(64)45-61-47-67(75(79)73(61)65)69-49-57(53(9)81-69)39-33-27-21-13-3/h49-52,55-56,61-68,73-74H,11-48H2,1-10H3. The van der Waals surface area contributed by atoms with Gasteiger partial charge >= 0.3 is 0 Å². The summed E-state index contributed by atoms with van der Waals surface area (Å²) in [5.41, 5.74) is 6.18. The normalized spacial score (nSPS) is 24.7. The minimum atomic E-state index is 0.00669. The molecule has 2 nitrogen and oxygen atoms in total. The Hall–Kier alpha value is -1.86. The predicted molar refractivity (Wildman–Crippen MR) is 372 cm³/mol. The van der Waals surface area contributed by atoms with Crippen LogP contribution >= 0.6 is 45.3 Å². The third kappa shape index (κ3) is 17.3. The second-order valence-corrected chi connectivity index (χ2v) is 33.1. The molecule has 6 heteroatoms. The molecule has 470 valence electrons. The zero-order chi connectivity index (χ0) is 59.5. The number of carbonyl (C=O) groups excluding carboxylic acids is 2. The number of hydrogen-bond donors (Lipinski definition) is 0. The molecule has 8 rings (SSSR count). The molecule has 0 amide bonds. The lowest BCUT2D eigenvalue weighted by molar-refractivity contribution is -0.137. The van der Waals surface area contributed by atoms with Crippen molar-refractivity contribution in [2.24, 2.45) is 59.2 Å². The Morgan fingerprint density at radius 3 is 1.20 bits per heavy atom. The van der Waals surface area contributed by atoms with Gasteiger partial charge in [-0.15, -0.1) is 45.3 Å². The van der Waals surface area contributed by atoms with Crippen LogP contribution in [0.4, 0.5) is 0 Å². The Labute approximate surface area is 532 Å². The second kappa shape index (κ2) is 34.9. The number of aryl methyl sites for hydroxylation is 6. The summed E-state index contributed by atoms with van der Waals surface area (Å²) in [6, 6.07) is 10.3. The summed E-state index contributed by atoms with van der Waals surface area (Å²) < 4.78 is 0. The highest BCUT2D eigenvalue weighted by Gasteiger charge is 2.61. The zero-order valence-electron chi connectivity index (χ0n) is 55.6. The molecule has 4 aromatic rings. The number of thiophene rings is 4. The van der Waals surface area contributed by atoms with Crippen LogP contribution in [0.5, 0.6) is 0 Å². The fourth-order valence-electron chi connectivity index (χ4n) is 17.6. The monoisotopic (exact) mass is 1220 g/mol. The molecular formula is C78H122O2S4. The van der Waals surface area contributed by atoms with Crippen molar-refractivity contribution in [2.75, 3.05) is 0 Å². The van der Waals surface area contributed by atoms with Crippen molar-refractivity contribution < 1.29 is 9.59 Å². The van der Waals surface area contributed by atoms with Crippen LogP contribution in [-0.2, 0) is 35.3 Å². The van der Waals surface area contributed by atoms with Crippen molar-refractivity contribution in [3.05, 3.63) is 66.0 Å². The smallest absolute Gasteiger partial charge is 0.144 e. The number of unbranched alkanes of at least 4 members (excludes halogenated alkanes) is 18. The molecule has 4 aliphatic carbocycles. The van der Waals surface area contributed by atoms with Gasteiger partial charge in [0, 0.05) is 50.9 Å². The maximum atomic E-state index is 16.3. The summed E-state index contributed by atoms with van der Waals surface area (Å²) in [4.78, 5) is 43.7. The van der Waals surface area contributed by atoms with Crippen LogP contribution in [-0.4, -0.2) is 11.6 Å². The summed E-state index contributed by atoms with van der Waals surface area (Å²) >= 11 is 8.16. The van der Waals surface area contributed by atoms with E-state index < -0.39 is 0 Å². The molecule has 12 atom stereocenters. The van der Waals surface area contributed by atoms with E-state index in [0.717, 1.165) is 32.1 Å². The molecule has 12 unspecified atom stereocenters. The lowest BCUT2D eigenvalue weighted by Gasteiger charge is -2.54. The third-order valence-corrected chi connectivity index (χ3v) is 27.6. The summed E-state index contributed by atoms with van der Waals surface area (Å²) in [7, 11) is 0. The topological polar surface area (TPSA) is 34.1 Å². The SMILES string of the molecule is CCCCCCc1cc(-c2cc(CCCCCC)c(-c3sc(C4CC5CC6C(CC7CC(c8cc(CCCCCC)c(C)s8)C(=O)C7C6CC(CC)CCCCCC)C(CC(CC)CCCCCC)C5C4=O)cc3CCCCCC)s2)sc1C. The predicted octanol–water partition coefficient (Wildman–Crippen LogP) is 25.7. The first-order valence-electron chi connectivity index (χ1n) is 36.5. The van der Waals surface area contributed by atoms with Crippen LogP contribution in [0, 0.1) is 73.0 Å². The second-order valence-electron chi connectivity index (χ2n) is 28.4. The molecule has 4 fully saturated rings. The van der Waals surface area contributed by atoms with E-state index in [9.17, 15) is 0 Å². The average Bonchev–Trinajstić information content (AvgIpc) is 1.66. The van der Waals surface area contributed by atoms with Crippen molar-refractivity contribution >= 4 is 56.9 Å². The van der Waals surface area contributed by atoms with Gasteiger partial charge in [0.05, 0.1) is 11.8 Å². The number of hydrogen-bond acceptors (Lipinski definition) is 6. The summed E-state index contributed by atoms with van der Waals surface area (Å²) in [5, 5.41) is 0. The Bertz CT molecular complexity index is 2560. The molecule has 0 bridgehead atoms. The molecular weight excluding hydrogens is 1100 g/mol. The van der Waals surface area contributed by atoms with Crippen molar-refractivity contribution in [1.82, 2.24) is 0 Å². The molecule has 84 heavy (non-hydrogen) atoms. The van der Waals surface area contributed by atoms with E-state index in [1.54, 1.807) is 11.1 Å². The van der Waals surface area contributed by atoms with Gasteiger partial charge in [0.1, 0.15) is 11.6 Å². The molecule has 0 radical (unpaired) electrons. The van der Waals surface area contributed by atoms with Crippen LogP contribution in [0.25, 0.3) is 19.5 Å². The molecule has 0 N–H and O–H groups in total. The Morgan fingerprint density at radius 1 is 0.393 bits per heavy atom. The van der Waals surface area contributed by atoms with E-state index in [-0.39, 0.29) is 23.7 Å². The van der Waals surface area contributed by atoms with Crippen molar-refractivity contribution in [2.45, 2.75) is 325 Å². The quantitative estimate of drug-likeness (QED) is 0.0416. The van der Waals surface area contributed by atoms with E-state index in [0.29, 0.717) is 58.9 Å². The number of rotatable bonds is 40. The van der Waals surface area contributed by atoms with Crippen LogP contribution in [0.1, 0.15) is 327 Å². The Kier molecular flexibility index (Phi) is 28.3. The number of Topliss-reactive ketones (excluding diaryl/α,β-unsaturated/α-hetero) is 2. The number of fused-ring (bicyclic) bond motifs is 3. The lowest BCUT2D eigenvalue weighted by Crippen LogP contribution is -2.51. The molecule has 4 aromatic heterocycles. The molecule has 4 saturated carbocycles. The Balaban J connectivity index is 1.16. The third-order valence-electron chi connectivity index (χ3n) is 22.5. The van der Waals surface area contributed by atoms with E-state index in [4.69, 9.17) is 0 Å². The molecule has 4 heterocycles. The first-order chi connectivity index (χ1) is 41.0. The highest BCUT2D eigenvalue weighted by Crippen LogP contribution is 2.65. The fraction of sp³-hybridized carbons (Fsp3) is 0.769. The fourth-order valence-corrected chi connectivity index (χ4v) is 22.7. The van der Waals surface area contributed by atoms with Crippen LogP contribution < -0.4 is 0 Å². The zero-order valence-corrected chi connectivity index (χ0v) is 58.8. The van der Waals surface area contributed by atoms with Gasteiger partial charge < -0.3 is 0 Å². The van der Waals surface area contributed by atoms with Gasteiger partial charge in [-0.2, -0.15) is 0 Å². The van der Waals surface area contributed by atoms with Crippen LogP contribution in [0.15, 0.2) is 24.3 Å². The Morgan fingerprint density at radius 2 is 0.750 bits per heavy atom. The highest BCUT2D eigenvalue weighted by molar-refractivity contribution is 7.26. The van der Waals surface area contributed by atoms with Gasteiger partial charge in [-0.1, -0.05) is 209 Å². The minimum absolute atomic E-state index is 0.00669. The van der Waals surface area contributed by atoms with Gasteiger partial charge in [0.25, 0.3) is 0 Å². The van der Waals surface area contributed by atoms with Gasteiger partial charge in [-0.05, 0) is 198 Å². The highest BCUT2D eigenvalue weighted by atomic mass is 32.1. The van der Waals surface area contributed by atoms with E-state index >= 15 is 9.59 Å². The summed E-state index contributed by atoms with van der Waals surface area (Å²) in [5.74, 6) is 5.93. The first-order valence-corrected chi connectivity index (χ1v) is 39.8. The van der Waals surface area contributed by atoms with Crippen LogP contribution in [0.2, 0.25) is 0 Å². The van der Waals surface area contributed by atoms with E-state index in [1.165, 1.54) is 262 Å². The summed E-state index contributed by atoms with van der Waals surface area (Å²) in [6.07, 6.45) is 47.8. The van der Waals surface area contributed by atoms with Gasteiger partial charge in [0.15, 0.2) is 0 Å². The number of carbonyl (C=O) groups is 2. The molecule has 0 saturated heterocycles. The van der Waals surface area contributed by atoms with Gasteiger partial charge in [-0.25, -0.2) is 0 Å². The molecule has 0 aliphatic heterocycles. The number of ketones is 2. The average molecular weight is 1220 g/mol. The van der Waals surface area contributed by atoms with Gasteiger partial charge in [-0.3, -0.25) is 9.59 Å². The van der Waals surface area contributed by atoms with Gasteiger partial charge in [0.2, 0.25) is 0 Å². The molecule has 0 aromatic carbocycles. The lowest BCUT2D eigenvalue weighted by atomic mass is 9.49.